The number of aryl methyl sites for hydroxylation is 1. The van der Waals surface area contributed by atoms with Gasteiger partial charge in [0, 0.05) is 24.3 Å². The third kappa shape index (κ3) is 1.92. The van der Waals surface area contributed by atoms with Crippen LogP contribution in [0.3, 0.4) is 0 Å². The van der Waals surface area contributed by atoms with E-state index in [-0.39, 0.29) is 0 Å². The maximum atomic E-state index is 5.99. The molecule has 0 saturated carbocycles. The van der Waals surface area contributed by atoms with Crippen LogP contribution >= 0.6 is 11.6 Å². The monoisotopic (exact) mass is 183 g/mol. The Morgan fingerprint density at radius 1 is 1.42 bits per heavy atom. The summed E-state index contributed by atoms with van der Waals surface area (Å²) in [6.45, 7) is 5.13. The summed E-state index contributed by atoms with van der Waals surface area (Å²) in [5.74, 6) is 0. The fourth-order valence-electron chi connectivity index (χ4n) is 1.00. The van der Waals surface area contributed by atoms with Crippen LogP contribution in [0.25, 0.3) is 0 Å². The largest absolute Gasteiger partial charge is 0.375 e. The predicted molar refractivity (Wildman–Crippen MR) is 55.1 cm³/mol. The molecule has 0 heterocycles. The molecule has 66 valence electrons. The van der Waals surface area contributed by atoms with Gasteiger partial charge >= 0.3 is 0 Å². The summed E-state index contributed by atoms with van der Waals surface area (Å²) >= 11 is 5.99. The quantitative estimate of drug-likeness (QED) is 0.681. The van der Waals surface area contributed by atoms with Gasteiger partial charge in [0.05, 0.1) is 0 Å². The van der Waals surface area contributed by atoms with E-state index in [2.05, 4.69) is 24.9 Å². The third-order valence-electron chi connectivity index (χ3n) is 2.07. The minimum atomic E-state index is 0.841. The van der Waals surface area contributed by atoms with E-state index in [1.165, 1.54) is 5.69 Å². The van der Waals surface area contributed by atoms with Gasteiger partial charge in [-0.25, -0.2) is 0 Å². The van der Waals surface area contributed by atoms with Gasteiger partial charge in [0.15, 0.2) is 0 Å². The van der Waals surface area contributed by atoms with Crippen LogP contribution in [-0.4, -0.2) is 13.6 Å². The lowest BCUT2D eigenvalue weighted by molar-refractivity contribution is 0.968. The van der Waals surface area contributed by atoms with Crippen LogP contribution in [0, 0.1) is 6.92 Å². The number of hydrogen-bond acceptors (Lipinski definition) is 1. The van der Waals surface area contributed by atoms with Crippen LogP contribution in [0.1, 0.15) is 12.5 Å². The van der Waals surface area contributed by atoms with Gasteiger partial charge in [-0.3, -0.25) is 0 Å². The lowest BCUT2D eigenvalue weighted by atomic mass is 10.2. The molecule has 0 bridgehead atoms. The molecule has 0 N–H and O–H groups in total. The first-order chi connectivity index (χ1) is 5.65. The van der Waals surface area contributed by atoms with E-state index in [0.29, 0.717) is 0 Å². The van der Waals surface area contributed by atoms with Crippen molar-refractivity contribution in [2.45, 2.75) is 13.8 Å². The van der Waals surface area contributed by atoms with Crippen molar-refractivity contribution in [1.82, 2.24) is 0 Å². The molecule has 0 amide bonds. The van der Waals surface area contributed by atoms with Crippen molar-refractivity contribution in [3.8, 4) is 0 Å². The molecule has 2 heteroatoms. The fourth-order valence-corrected chi connectivity index (χ4v) is 1.18. The highest BCUT2D eigenvalue weighted by Gasteiger charge is 2.00. The fraction of sp³-hybridized carbons (Fsp3) is 0.400. The summed E-state index contributed by atoms with van der Waals surface area (Å²) in [7, 11) is 2.06. The number of halogens is 1. The molecular formula is C10H14ClN. The molecule has 0 aliphatic rings. The zero-order valence-electron chi connectivity index (χ0n) is 7.76. The van der Waals surface area contributed by atoms with Crippen molar-refractivity contribution in [1.29, 1.82) is 0 Å². The second-order valence-electron chi connectivity index (χ2n) is 2.95. The van der Waals surface area contributed by atoms with Crippen LogP contribution in [0.15, 0.2) is 18.2 Å². The third-order valence-corrected chi connectivity index (χ3v) is 2.48. The Bertz CT molecular complexity index is 271. The highest BCUT2D eigenvalue weighted by atomic mass is 35.5. The summed E-state index contributed by atoms with van der Waals surface area (Å²) < 4.78 is 0. The van der Waals surface area contributed by atoms with Gasteiger partial charge < -0.3 is 4.90 Å². The second kappa shape index (κ2) is 3.81. The van der Waals surface area contributed by atoms with Gasteiger partial charge in [0.2, 0.25) is 0 Å². The van der Waals surface area contributed by atoms with E-state index in [4.69, 9.17) is 11.6 Å². The Balaban J connectivity index is 2.96. The molecule has 1 nitrogen and oxygen atoms in total. The minimum Gasteiger partial charge on any atom is -0.375 e. The maximum Gasteiger partial charge on any atom is 0.0455 e. The molecule has 0 fully saturated rings. The molecule has 1 aromatic rings. The molecule has 1 aromatic carbocycles. The highest BCUT2D eigenvalue weighted by molar-refractivity contribution is 6.31. The molecule has 0 aliphatic carbocycles. The summed E-state index contributed by atoms with van der Waals surface area (Å²) in [4.78, 5) is 2.16. The van der Waals surface area contributed by atoms with E-state index >= 15 is 0 Å². The van der Waals surface area contributed by atoms with E-state index < -0.39 is 0 Å². The Hall–Kier alpha value is -0.690. The van der Waals surface area contributed by atoms with Crippen molar-refractivity contribution in [2.24, 2.45) is 0 Å². The molecule has 0 aromatic heterocycles. The van der Waals surface area contributed by atoms with Gasteiger partial charge in [-0.05, 0) is 31.5 Å². The van der Waals surface area contributed by atoms with Crippen molar-refractivity contribution in [2.75, 3.05) is 18.5 Å². The van der Waals surface area contributed by atoms with Gasteiger partial charge in [-0.15, -0.1) is 0 Å². The zero-order chi connectivity index (χ0) is 9.14. The molecule has 0 spiro atoms. The predicted octanol–water partition coefficient (Wildman–Crippen LogP) is 3.10. The molecule has 1 rings (SSSR count). The topological polar surface area (TPSA) is 3.24 Å². The van der Waals surface area contributed by atoms with Crippen molar-refractivity contribution < 1.29 is 0 Å². The molecule has 0 aliphatic heterocycles. The Labute approximate surface area is 79.0 Å². The number of benzene rings is 1. The number of rotatable bonds is 2. The average molecular weight is 184 g/mol. The second-order valence-corrected chi connectivity index (χ2v) is 3.35. The minimum absolute atomic E-state index is 0.841. The van der Waals surface area contributed by atoms with E-state index in [0.717, 1.165) is 17.1 Å². The maximum absolute atomic E-state index is 5.99. The van der Waals surface area contributed by atoms with E-state index in [1.807, 2.05) is 19.1 Å². The summed E-state index contributed by atoms with van der Waals surface area (Å²) in [5, 5.41) is 0.841. The van der Waals surface area contributed by atoms with Crippen molar-refractivity contribution >= 4 is 17.3 Å². The lowest BCUT2D eigenvalue weighted by Crippen LogP contribution is -2.15. The summed E-state index contributed by atoms with van der Waals surface area (Å²) in [6, 6.07) is 6.13. The van der Waals surface area contributed by atoms with Gasteiger partial charge in [-0.1, -0.05) is 17.7 Å². The van der Waals surface area contributed by atoms with Crippen molar-refractivity contribution in [3.63, 3.8) is 0 Å². The van der Waals surface area contributed by atoms with Crippen LogP contribution in [-0.2, 0) is 0 Å². The normalized spacial score (nSPS) is 10.0. The molecule has 0 saturated heterocycles. The average Bonchev–Trinajstić information content (AvgIpc) is 2.08. The summed E-state index contributed by atoms with van der Waals surface area (Å²) in [5.41, 5.74) is 2.30. The molecule has 0 atom stereocenters. The Kier molecular flexibility index (Phi) is 2.99. The standard InChI is InChI=1S/C10H14ClN/c1-4-12(3)9-6-5-8(2)10(11)7-9/h5-7H,4H2,1-3H3. The van der Waals surface area contributed by atoms with Gasteiger partial charge in [-0.2, -0.15) is 0 Å². The van der Waals surface area contributed by atoms with E-state index in [1.54, 1.807) is 0 Å². The Morgan fingerprint density at radius 3 is 2.58 bits per heavy atom. The smallest absolute Gasteiger partial charge is 0.0455 e. The van der Waals surface area contributed by atoms with Crippen LogP contribution in [0.4, 0.5) is 5.69 Å². The summed E-state index contributed by atoms with van der Waals surface area (Å²) in [6.07, 6.45) is 0. The van der Waals surface area contributed by atoms with Crippen LogP contribution < -0.4 is 4.90 Å². The first-order valence-electron chi connectivity index (χ1n) is 4.12. The van der Waals surface area contributed by atoms with Crippen LogP contribution in [0.2, 0.25) is 5.02 Å². The number of hydrogen-bond donors (Lipinski definition) is 0. The van der Waals surface area contributed by atoms with Crippen molar-refractivity contribution in [3.05, 3.63) is 28.8 Å². The number of nitrogens with zero attached hydrogens (tertiary/aromatic N) is 1. The van der Waals surface area contributed by atoms with Crippen LogP contribution in [0.5, 0.6) is 0 Å². The van der Waals surface area contributed by atoms with Gasteiger partial charge in [0.25, 0.3) is 0 Å². The molecule has 0 radical (unpaired) electrons. The molecule has 12 heavy (non-hydrogen) atoms. The lowest BCUT2D eigenvalue weighted by Gasteiger charge is -2.17. The molecular weight excluding hydrogens is 170 g/mol. The first kappa shape index (κ1) is 9.40. The molecule has 0 unspecified atom stereocenters. The first-order valence-corrected chi connectivity index (χ1v) is 4.50. The zero-order valence-corrected chi connectivity index (χ0v) is 8.52. The SMILES string of the molecule is CCN(C)c1ccc(C)c(Cl)c1. The number of anilines is 1. The highest BCUT2D eigenvalue weighted by Crippen LogP contribution is 2.21. The van der Waals surface area contributed by atoms with Gasteiger partial charge in [0.1, 0.15) is 0 Å². The Morgan fingerprint density at radius 2 is 2.08 bits per heavy atom. The van der Waals surface area contributed by atoms with E-state index in [9.17, 15) is 0 Å².